The molecule has 0 aromatic carbocycles. The molecule has 1 saturated carbocycles. The van der Waals surface area contributed by atoms with Gasteiger partial charge in [0, 0.05) is 50.5 Å². The molecular formula is C47H82NO12P. The number of aliphatic hydroxyl groups is 2. The van der Waals surface area contributed by atoms with Gasteiger partial charge in [0.1, 0.15) is 23.9 Å². The van der Waals surface area contributed by atoms with Gasteiger partial charge in [0.25, 0.3) is 0 Å². The number of hydrogen-bond acceptors (Lipinski definition) is 12. The van der Waals surface area contributed by atoms with Gasteiger partial charge >= 0.3 is 19.8 Å². The highest BCUT2D eigenvalue weighted by Gasteiger charge is 2.39. The number of phosphoric acid groups is 1. The summed E-state index contributed by atoms with van der Waals surface area (Å²) in [5, 5.41) is 20.7. The second kappa shape index (κ2) is 32.3. The molecule has 2 rings (SSSR count). The van der Waals surface area contributed by atoms with E-state index < -0.39 is 44.7 Å². The largest absolute Gasteiger partial charge is 0.472 e. The van der Waals surface area contributed by atoms with E-state index in [0.717, 1.165) is 108 Å². The number of Topliss-reactive ketones (excluding diaryl/α,β-unsaturated/α-hetero) is 1. The van der Waals surface area contributed by atoms with Crippen molar-refractivity contribution in [2.75, 3.05) is 26.4 Å². The number of hydrogen-bond donors (Lipinski definition) is 4. The Labute approximate surface area is 366 Å². The van der Waals surface area contributed by atoms with E-state index in [9.17, 15) is 34.1 Å². The predicted molar refractivity (Wildman–Crippen MR) is 238 cm³/mol. The Morgan fingerprint density at radius 2 is 1.36 bits per heavy atom. The lowest BCUT2D eigenvalue weighted by Gasteiger charge is -2.20. The first-order valence-electron chi connectivity index (χ1n) is 23.6. The first-order chi connectivity index (χ1) is 29.3. The van der Waals surface area contributed by atoms with Crippen LogP contribution in [0.4, 0.5) is 0 Å². The molecule has 0 radical (unpaired) electrons. The molecule has 1 aliphatic rings. The van der Waals surface area contributed by atoms with E-state index in [-0.39, 0.29) is 56.6 Å². The van der Waals surface area contributed by atoms with Crippen LogP contribution in [-0.2, 0) is 50.3 Å². The molecular weight excluding hydrogens is 801 g/mol. The number of rotatable bonds is 37. The number of phosphoric ester groups is 1. The Bertz CT molecular complexity index is 1450. The minimum atomic E-state index is -4.45. The summed E-state index contributed by atoms with van der Waals surface area (Å²) in [5.41, 5.74) is 7.98. The Hall–Kier alpha value is -2.38. The molecule has 13 nitrogen and oxygen atoms in total. The summed E-state index contributed by atoms with van der Waals surface area (Å²) in [4.78, 5) is 47.8. The van der Waals surface area contributed by atoms with E-state index in [2.05, 4.69) is 27.7 Å². The van der Waals surface area contributed by atoms with Crippen molar-refractivity contribution < 1.29 is 57.0 Å². The van der Waals surface area contributed by atoms with Crippen LogP contribution in [0.25, 0.3) is 0 Å². The van der Waals surface area contributed by atoms with Crippen LogP contribution in [0, 0.1) is 25.7 Å². The first kappa shape index (κ1) is 54.8. The maximum absolute atomic E-state index is 12.7. The molecule has 0 bridgehead atoms. The van der Waals surface area contributed by atoms with Gasteiger partial charge in [-0.2, -0.15) is 0 Å². The Morgan fingerprint density at radius 1 is 0.803 bits per heavy atom. The number of aryl methyl sites for hydroxylation is 2. The van der Waals surface area contributed by atoms with Gasteiger partial charge in [0.15, 0.2) is 6.10 Å². The van der Waals surface area contributed by atoms with Crippen LogP contribution < -0.4 is 5.73 Å². The number of ether oxygens (including phenoxy) is 2. The van der Waals surface area contributed by atoms with Crippen molar-refractivity contribution in [3.8, 4) is 0 Å². The van der Waals surface area contributed by atoms with Crippen LogP contribution in [-0.4, -0.2) is 77.5 Å². The minimum absolute atomic E-state index is 0.0130. The summed E-state index contributed by atoms with van der Waals surface area (Å²) in [6, 6.07) is 0. The van der Waals surface area contributed by atoms with Crippen molar-refractivity contribution in [2.24, 2.45) is 17.6 Å². The van der Waals surface area contributed by atoms with E-state index in [4.69, 9.17) is 28.7 Å². The van der Waals surface area contributed by atoms with Crippen molar-refractivity contribution >= 4 is 25.5 Å². The van der Waals surface area contributed by atoms with Gasteiger partial charge in [-0.15, -0.1) is 0 Å². The third-order valence-corrected chi connectivity index (χ3v) is 12.7. The van der Waals surface area contributed by atoms with Gasteiger partial charge < -0.3 is 34.7 Å². The molecule has 0 saturated heterocycles. The molecule has 0 spiro atoms. The summed E-state index contributed by atoms with van der Waals surface area (Å²) in [6.07, 6.45) is 22.5. The van der Waals surface area contributed by atoms with Gasteiger partial charge in [0.2, 0.25) is 0 Å². The number of ketones is 1. The van der Waals surface area contributed by atoms with Crippen LogP contribution in [0.5, 0.6) is 0 Å². The predicted octanol–water partition coefficient (Wildman–Crippen LogP) is 9.63. The first-order valence-corrected chi connectivity index (χ1v) is 25.1. The van der Waals surface area contributed by atoms with Crippen molar-refractivity contribution in [3.63, 3.8) is 0 Å². The summed E-state index contributed by atoms with van der Waals surface area (Å²) in [5.74, 6) is 0.760. The second-order valence-corrected chi connectivity index (χ2v) is 18.4. The van der Waals surface area contributed by atoms with E-state index in [1.807, 2.05) is 6.08 Å². The lowest BCUT2D eigenvalue weighted by molar-refractivity contribution is -0.161. The molecule has 1 aromatic heterocycles. The Balaban J connectivity index is 1.66. The minimum Gasteiger partial charge on any atom is -0.466 e. The molecule has 1 aromatic rings. The number of nitrogens with two attached hydrogens (primary N) is 1. The van der Waals surface area contributed by atoms with Gasteiger partial charge in [0.05, 0.1) is 25.4 Å². The highest BCUT2D eigenvalue weighted by molar-refractivity contribution is 7.47. The maximum atomic E-state index is 12.7. The highest BCUT2D eigenvalue weighted by Crippen LogP contribution is 2.43. The molecule has 1 aliphatic carbocycles. The molecule has 0 amide bonds. The molecule has 6 atom stereocenters. The van der Waals surface area contributed by atoms with Crippen LogP contribution in [0.2, 0.25) is 0 Å². The van der Waals surface area contributed by atoms with Crippen LogP contribution in [0.15, 0.2) is 16.6 Å². The average molecular weight is 884 g/mol. The lowest BCUT2D eigenvalue weighted by Crippen LogP contribution is -2.29. The lowest BCUT2D eigenvalue weighted by atomic mass is 9.88. The normalized spacial score (nSPS) is 18.8. The summed E-state index contributed by atoms with van der Waals surface area (Å²) >= 11 is 0. The van der Waals surface area contributed by atoms with Gasteiger partial charge in [-0.25, -0.2) is 4.57 Å². The Morgan fingerprint density at radius 3 is 1.98 bits per heavy atom. The van der Waals surface area contributed by atoms with E-state index in [1.165, 1.54) is 30.4 Å². The zero-order valence-electron chi connectivity index (χ0n) is 38.1. The zero-order chi connectivity index (χ0) is 44.9. The third-order valence-electron chi connectivity index (χ3n) is 11.7. The topological polar surface area (TPSA) is 205 Å². The monoisotopic (exact) mass is 884 g/mol. The zero-order valence-corrected chi connectivity index (χ0v) is 39.0. The van der Waals surface area contributed by atoms with Gasteiger partial charge in [-0.3, -0.25) is 23.4 Å². The SMILES string of the molecule is CCCCCc1oc(CCCCCCCCCCC(=O)O[C@H](COC(=O)CCCCCC[C@H]2C(=O)C[C@@H](O)[C@@H]2/C=C/[C@@H](O)CCCCC)COP(=O)(O)OCCN)c(C)c1C. The number of esters is 2. The van der Waals surface area contributed by atoms with Crippen molar-refractivity contribution in [3.05, 3.63) is 34.8 Å². The molecule has 5 N–H and O–H groups in total. The summed E-state index contributed by atoms with van der Waals surface area (Å²) < 4.78 is 39.1. The number of carbonyl (C=O) groups excluding carboxylic acids is 3. The van der Waals surface area contributed by atoms with Crippen molar-refractivity contribution in [1.29, 1.82) is 0 Å². The molecule has 14 heteroatoms. The van der Waals surface area contributed by atoms with Gasteiger partial charge in [-0.05, 0) is 63.5 Å². The molecule has 61 heavy (non-hydrogen) atoms. The summed E-state index contributed by atoms with van der Waals surface area (Å²) in [6.45, 7) is 7.65. The van der Waals surface area contributed by atoms with Crippen LogP contribution in [0.3, 0.4) is 0 Å². The van der Waals surface area contributed by atoms with Crippen molar-refractivity contribution in [2.45, 2.75) is 207 Å². The molecule has 352 valence electrons. The Kier molecular flexibility index (Phi) is 29.0. The maximum Gasteiger partial charge on any atom is 0.472 e. The fourth-order valence-corrected chi connectivity index (χ4v) is 8.65. The van der Waals surface area contributed by atoms with Gasteiger partial charge in [-0.1, -0.05) is 116 Å². The quantitative estimate of drug-likeness (QED) is 0.0213. The van der Waals surface area contributed by atoms with Crippen LogP contribution in [0.1, 0.15) is 184 Å². The fraction of sp³-hybridized carbons (Fsp3) is 0.809. The smallest absolute Gasteiger partial charge is 0.466 e. The van der Waals surface area contributed by atoms with Crippen molar-refractivity contribution in [1.82, 2.24) is 0 Å². The fourth-order valence-electron chi connectivity index (χ4n) is 7.89. The van der Waals surface area contributed by atoms with E-state index in [0.29, 0.717) is 25.7 Å². The van der Waals surface area contributed by atoms with E-state index in [1.54, 1.807) is 6.08 Å². The standard InChI is InChI=1S/C47H82NO12P/c1-5-7-17-23-38(49)29-30-41-40(42(50)33-43(41)51)24-19-15-16-21-27-46(52)56-34-39(35-58-61(54,55)57-32-31-48)59-47(53)28-22-14-12-10-9-11-13-20-26-45-37(4)36(3)44(60-45)25-18-8-6-2/h29-30,38-41,43,49,51H,5-28,31-35,48H2,1-4H3,(H,54,55)/b30-29+/t38-,39+,40+,41+,43+/m0/s1. The molecule has 1 heterocycles. The van der Waals surface area contributed by atoms with Crippen LogP contribution >= 0.6 is 7.82 Å². The molecule has 1 fully saturated rings. The molecule has 1 unspecified atom stereocenters. The number of carbonyl (C=O) groups is 3. The number of furan rings is 1. The highest BCUT2D eigenvalue weighted by atomic mass is 31.2. The number of aliphatic hydroxyl groups excluding tert-OH is 2. The van der Waals surface area contributed by atoms with E-state index >= 15 is 0 Å². The second-order valence-electron chi connectivity index (χ2n) is 17.0. The average Bonchev–Trinajstić information content (AvgIpc) is 3.66. The third kappa shape index (κ3) is 23.8. The summed E-state index contributed by atoms with van der Waals surface area (Å²) in [7, 11) is -4.45. The number of unbranched alkanes of at least 4 members (excludes halogenated alkanes) is 14. The molecule has 0 aliphatic heterocycles.